The number of hydrogen-bond acceptors (Lipinski definition) is 6. The lowest BCUT2D eigenvalue weighted by Gasteiger charge is -2.31. The van der Waals surface area contributed by atoms with Gasteiger partial charge in [0, 0.05) is 16.6 Å². The van der Waals surface area contributed by atoms with E-state index in [1.54, 1.807) is 19.9 Å². The highest BCUT2D eigenvalue weighted by atomic mass is 127. The highest BCUT2D eigenvalue weighted by molar-refractivity contribution is 14.1. The van der Waals surface area contributed by atoms with E-state index >= 15 is 0 Å². The zero-order chi connectivity index (χ0) is 22.7. The van der Waals surface area contributed by atoms with Crippen LogP contribution in [0.5, 0.6) is 0 Å². The molecule has 6 nitrogen and oxygen atoms in total. The van der Waals surface area contributed by atoms with E-state index in [2.05, 4.69) is 22.6 Å². The second-order valence-electron chi connectivity index (χ2n) is 6.83. The first kappa shape index (κ1) is 26.7. The molecule has 0 radical (unpaired) electrons. The van der Waals surface area contributed by atoms with Gasteiger partial charge in [-0.2, -0.15) is 8.78 Å². The number of halogens is 5. The number of rotatable bonds is 8. The maximum Gasteiger partial charge on any atom is 0.348 e. The Bertz CT molecular complexity index is 798. The maximum absolute atomic E-state index is 13.9. The van der Waals surface area contributed by atoms with Crippen LogP contribution in [0.2, 0.25) is 0 Å². The molecule has 0 saturated carbocycles. The van der Waals surface area contributed by atoms with Crippen molar-refractivity contribution in [2.75, 3.05) is 0 Å². The predicted molar refractivity (Wildman–Crippen MR) is 123 cm³/mol. The molecule has 0 spiro atoms. The molecule has 0 fully saturated rings. The van der Waals surface area contributed by atoms with Crippen molar-refractivity contribution in [1.82, 2.24) is 0 Å². The quantitative estimate of drug-likeness (QED) is 0.229. The molecule has 0 aromatic heterocycles. The monoisotopic (exact) mass is 749 g/mol. The minimum atomic E-state index is -4.39. The Morgan fingerprint density at radius 3 is 2.00 bits per heavy atom. The lowest BCUT2D eigenvalue weighted by Crippen LogP contribution is -2.54. The Labute approximate surface area is 207 Å². The van der Waals surface area contributed by atoms with Crippen LogP contribution in [-0.4, -0.2) is 36.0 Å². The maximum atomic E-state index is 13.9. The molecule has 0 N–H and O–H groups in total. The topological polar surface area (TPSA) is 92.7 Å². The lowest BCUT2D eigenvalue weighted by atomic mass is 10.00. The van der Waals surface area contributed by atoms with Crippen molar-refractivity contribution in [3.8, 4) is 0 Å². The van der Waals surface area contributed by atoms with Gasteiger partial charge < -0.3 is 19.4 Å². The molecule has 1 aromatic rings. The van der Waals surface area contributed by atoms with E-state index in [1.165, 1.54) is 13.8 Å². The third kappa shape index (κ3) is 6.83. The van der Waals surface area contributed by atoms with Crippen LogP contribution in [0.25, 0.3) is 0 Å². The Hall–Kier alpha value is -0.320. The van der Waals surface area contributed by atoms with Gasteiger partial charge in [0.05, 0.1) is 5.56 Å². The van der Waals surface area contributed by atoms with Crippen LogP contribution < -0.4 is 5.11 Å². The Morgan fingerprint density at radius 1 is 1.00 bits per heavy atom. The predicted octanol–water partition coefficient (Wildman–Crippen LogP) is 3.63. The van der Waals surface area contributed by atoms with E-state index < -0.39 is 47.9 Å². The van der Waals surface area contributed by atoms with Crippen molar-refractivity contribution in [1.29, 1.82) is 0 Å². The van der Waals surface area contributed by atoms with E-state index in [1.807, 2.05) is 51.2 Å². The summed E-state index contributed by atoms with van der Waals surface area (Å²) in [6, 6.07) is 3.43. The number of alkyl halides is 2. The van der Waals surface area contributed by atoms with Crippen molar-refractivity contribution in [2.24, 2.45) is 11.8 Å². The van der Waals surface area contributed by atoms with Gasteiger partial charge in [0.2, 0.25) is 6.10 Å². The van der Waals surface area contributed by atoms with Crippen molar-refractivity contribution in [3.05, 3.63) is 28.4 Å². The summed E-state index contributed by atoms with van der Waals surface area (Å²) >= 11 is 6.04. The zero-order valence-corrected chi connectivity index (χ0v) is 22.3. The van der Waals surface area contributed by atoms with Crippen molar-refractivity contribution >= 4 is 85.7 Å². The largest absolute Gasteiger partial charge is 0.544 e. The Morgan fingerprint density at radius 2 is 1.55 bits per heavy atom. The number of carbonyl (C=O) groups excluding carboxylic acids is 3. The molecule has 0 amide bonds. The molecule has 2 atom stereocenters. The van der Waals surface area contributed by atoms with Crippen molar-refractivity contribution in [2.45, 2.75) is 45.8 Å². The SMILES string of the molecule is CC(C)C(OC(=O)c1cc(I)cc(I)c1I)C(=O)OC(C(C)C)C(F)(F)C(=O)[O-]. The normalized spacial score (nSPS) is 13.9. The Balaban J connectivity index is 3.13. The van der Waals surface area contributed by atoms with E-state index in [4.69, 9.17) is 9.47 Å². The molecule has 11 heteroatoms. The van der Waals surface area contributed by atoms with Crippen LogP contribution in [0.15, 0.2) is 12.1 Å². The minimum Gasteiger partial charge on any atom is -0.544 e. The number of esters is 2. The summed E-state index contributed by atoms with van der Waals surface area (Å²) in [5, 5.41) is 10.8. The third-order valence-electron chi connectivity index (χ3n) is 3.76. The number of benzene rings is 1. The molecule has 1 aromatic carbocycles. The lowest BCUT2D eigenvalue weighted by molar-refractivity contribution is -0.337. The van der Waals surface area contributed by atoms with Gasteiger partial charge in [0.1, 0.15) is 5.97 Å². The molecular formula is C18H18F2I3O6-. The van der Waals surface area contributed by atoms with Crippen LogP contribution in [0.3, 0.4) is 0 Å². The molecule has 0 aliphatic heterocycles. The first-order valence-corrected chi connectivity index (χ1v) is 11.6. The summed E-state index contributed by atoms with van der Waals surface area (Å²) in [4.78, 5) is 35.9. The molecule has 162 valence electrons. The van der Waals surface area contributed by atoms with Gasteiger partial charge in [-0.25, -0.2) is 9.59 Å². The van der Waals surface area contributed by atoms with Crippen molar-refractivity contribution < 1.29 is 37.7 Å². The fourth-order valence-electron chi connectivity index (χ4n) is 2.28. The van der Waals surface area contributed by atoms with Gasteiger partial charge in [0.15, 0.2) is 6.10 Å². The minimum absolute atomic E-state index is 0.223. The average molecular weight is 749 g/mol. The molecule has 1 rings (SSSR count). The molecule has 0 aliphatic carbocycles. The van der Waals surface area contributed by atoms with Crippen LogP contribution >= 0.6 is 67.8 Å². The summed E-state index contributed by atoms with van der Waals surface area (Å²) in [5.41, 5.74) is 0.223. The van der Waals surface area contributed by atoms with Gasteiger partial charge in [-0.1, -0.05) is 27.7 Å². The molecule has 0 heterocycles. The van der Waals surface area contributed by atoms with Crippen LogP contribution in [0, 0.1) is 22.5 Å². The average Bonchev–Trinajstić information content (AvgIpc) is 2.59. The molecule has 0 saturated heterocycles. The number of carboxylic acids is 1. The summed E-state index contributed by atoms with van der Waals surface area (Å²) < 4.78 is 40.1. The first-order chi connectivity index (χ1) is 13.2. The number of carboxylic acid groups (broad SMARTS) is 1. The molecule has 2 unspecified atom stereocenters. The summed E-state index contributed by atoms with van der Waals surface area (Å²) in [6.07, 6.45) is -3.76. The van der Waals surface area contributed by atoms with E-state index in [9.17, 15) is 28.3 Å². The van der Waals surface area contributed by atoms with Crippen LogP contribution in [-0.2, 0) is 19.1 Å². The highest BCUT2D eigenvalue weighted by Crippen LogP contribution is 2.29. The van der Waals surface area contributed by atoms with Crippen LogP contribution in [0.4, 0.5) is 8.78 Å². The van der Waals surface area contributed by atoms with Crippen LogP contribution in [0.1, 0.15) is 38.1 Å². The van der Waals surface area contributed by atoms with Crippen molar-refractivity contribution in [3.63, 3.8) is 0 Å². The zero-order valence-electron chi connectivity index (χ0n) is 15.8. The highest BCUT2D eigenvalue weighted by Gasteiger charge is 2.47. The smallest absolute Gasteiger partial charge is 0.348 e. The molecule has 29 heavy (non-hydrogen) atoms. The first-order valence-electron chi connectivity index (χ1n) is 8.35. The summed E-state index contributed by atoms with van der Waals surface area (Å²) in [7, 11) is 0. The summed E-state index contributed by atoms with van der Waals surface area (Å²) in [6.45, 7) is 5.65. The number of ether oxygens (including phenoxy) is 2. The van der Waals surface area contributed by atoms with E-state index in [0.717, 1.165) is 7.14 Å². The molecular weight excluding hydrogens is 731 g/mol. The Kier molecular flexibility index (Phi) is 9.96. The standard InChI is InChI=1S/C18H19F2I3O6/c1-7(2)13(16(25)29-14(8(3)4)18(19,20)17(26)27)28-15(24)10-5-9(21)6-11(22)12(10)23/h5-8,13-14H,1-4H3,(H,26,27)/p-1. The molecule has 0 bridgehead atoms. The van der Waals surface area contributed by atoms with E-state index in [-0.39, 0.29) is 5.56 Å². The second kappa shape index (κ2) is 10.8. The van der Waals surface area contributed by atoms with Gasteiger partial charge in [0.25, 0.3) is 0 Å². The van der Waals surface area contributed by atoms with Gasteiger partial charge in [-0.05, 0) is 85.8 Å². The summed E-state index contributed by atoms with van der Waals surface area (Å²) in [5.74, 6) is -10.7. The number of hydrogen-bond donors (Lipinski definition) is 0. The number of aliphatic carboxylic acids is 1. The third-order valence-corrected chi connectivity index (χ3v) is 7.43. The second-order valence-corrected chi connectivity index (χ2v) is 10.3. The van der Waals surface area contributed by atoms with Gasteiger partial charge in [-0.15, -0.1) is 0 Å². The van der Waals surface area contributed by atoms with Gasteiger partial charge >= 0.3 is 17.9 Å². The fraction of sp³-hybridized carbons (Fsp3) is 0.500. The number of carbonyl (C=O) groups is 3. The van der Waals surface area contributed by atoms with Gasteiger partial charge in [-0.3, -0.25) is 0 Å². The molecule has 0 aliphatic rings. The fourth-order valence-corrected chi connectivity index (χ4v) is 4.65. The van der Waals surface area contributed by atoms with E-state index in [0.29, 0.717) is 3.57 Å².